The predicted octanol–water partition coefficient (Wildman–Crippen LogP) is 5.49. The number of aliphatic hydroxyl groups is 1. The van der Waals surface area contributed by atoms with E-state index in [1.54, 1.807) is 36.4 Å². The van der Waals surface area contributed by atoms with Gasteiger partial charge in [0.25, 0.3) is 5.78 Å². The van der Waals surface area contributed by atoms with E-state index >= 15 is 0 Å². The summed E-state index contributed by atoms with van der Waals surface area (Å²) in [5.74, 6) is -1.66. The number of anilines is 1. The number of halogens is 2. The van der Waals surface area contributed by atoms with Crippen molar-refractivity contribution in [1.29, 1.82) is 0 Å². The second-order valence-electron chi connectivity index (χ2n) is 8.19. The molecule has 0 aliphatic carbocycles. The molecule has 36 heavy (non-hydrogen) atoms. The van der Waals surface area contributed by atoms with Crippen LogP contribution in [0.2, 0.25) is 5.02 Å². The summed E-state index contributed by atoms with van der Waals surface area (Å²) in [6, 6.07) is 14.3. The molecule has 1 aromatic heterocycles. The van der Waals surface area contributed by atoms with Gasteiger partial charge in [0.15, 0.2) is 16.6 Å². The average molecular weight is 523 g/mol. The number of fused-ring (bicyclic) bond motifs is 2. The molecule has 10 heteroatoms. The van der Waals surface area contributed by atoms with E-state index < -0.39 is 23.5 Å². The van der Waals surface area contributed by atoms with Gasteiger partial charge in [0, 0.05) is 10.6 Å². The molecule has 0 spiro atoms. The molecule has 4 aromatic rings. The number of aromatic nitrogens is 1. The number of nitrogens with zero attached hydrogens (tertiary/aromatic N) is 2. The number of carbonyl (C=O) groups is 2. The number of aliphatic hydroxyl groups excluding tert-OH is 1. The zero-order chi connectivity index (χ0) is 25.0. The Morgan fingerprint density at radius 3 is 2.56 bits per heavy atom. The minimum absolute atomic E-state index is 0.138. The number of ether oxygens (including phenoxy) is 2. The molecule has 0 radical (unpaired) electrons. The van der Waals surface area contributed by atoms with E-state index in [0.29, 0.717) is 40.8 Å². The summed E-state index contributed by atoms with van der Waals surface area (Å²) >= 11 is 7.30. The quantitative estimate of drug-likeness (QED) is 0.217. The number of thiazole rings is 1. The molecule has 3 heterocycles. The fourth-order valence-corrected chi connectivity index (χ4v) is 5.59. The van der Waals surface area contributed by atoms with Crippen molar-refractivity contribution in [3.05, 3.63) is 88.2 Å². The Labute approximate surface area is 213 Å². The Hall–Kier alpha value is -3.95. The molecule has 2 aliphatic heterocycles. The van der Waals surface area contributed by atoms with Crippen molar-refractivity contribution in [3.8, 4) is 11.5 Å². The third-order valence-corrected chi connectivity index (χ3v) is 7.24. The van der Waals surface area contributed by atoms with Gasteiger partial charge in [0.05, 0.1) is 21.8 Å². The molecule has 1 saturated heterocycles. The number of ketones is 1. The minimum atomic E-state index is -1.03. The number of Topliss-reactive ketones (excluding diaryl/α,β-unsaturated/α-hetero) is 1. The van der Waals surface area contributed by atoms with Crippen molar-refractivity contribution < 1.29 is 28.6 Å². The molecule has 1 atom stereocenters. The Bertz CT molecular complexity index is 1580. The van der Waals surface area contributed by atoms with Gasteiger partial charge < -0.3 is 14.6 Å². The zero-order valence-electron chi connectivity index (χ0n) is 18.4. The molecular formula is C26H16ClFN2O5S. The molecule has 0 bridgehead atoms. The average Bonchev–Trinajstić information content (AvgIpc) is 3.41. The summed E-state index contributed by atoms with van der Waals surface area (Å²) < 4.78 is 25.6. The first-order valence-electron chi connectivity index (χ1n) is 10.9. The largest absolute Gasteiger partial charge is 0.507 e. The standard InChI is InChI=1S/C26H16ClFN2O5S/c27-15-4-7-17-20(12-15)36-26(29-17)30-22(13-1-5-16(28)6-2-13)21(24(32)25(30)33)23(31)14-3-8-18-19(11-14)35-10-9-34-18/h1-8,11-12,22,31H,9-10H2/b23-21+. The normalized spacial score (nSPS) is 18.7. The van der Waals surface area contributed by atoms with Crippen LogP contribution in [0.3, 0.4) is 0 Å². The maximum absolute atomic E-state index is 13.7. The summed E-state index contributed by atoms with van der Waals surface area (Å²) in [5, 5.41) is 12.1. The van der Waals surface area contributed by atoms with Gasteiger partial charge >= 0.3 is 5.91 Å². The SMILES string of the molecule is O=C1C(=O)N(c2nc3ccc(Cl)cc3s2)C(c2ccc(F)cc2)/C1=C(\O)c1ccc2c(c1)OCCO2. The van der Waals surface area contributed by atoms with Crippen molar-refractivity contribution >= 4 is 55.7 Å². The summed E-state index contributed by atoms with van der Waals surface area (Å²) in [6.07, 6.45) is 0. The highest BCUT2D eigenvalue weighted by Crippen LogP contribution is 2.45. The Kier molecular flexibility index (Phi) is 5.39. The Morgan fingerprint density at radius 2 is 1.78 bits per heavy atom. The minimum Gasteiger partial charge on any atom is -0.507 e. The molecule has 1 fully saturated rings. The van der Waals surface area contributed by atoms with Crippen LogP contribution in [0.4, 0.5) is 9.52 Å². The van der Waals surface area contributed by atoms with Crippen LogP contribution in [-0.4, -0.2) is 35.0 Å². The van der Waals surface area contributed by atoms with Gasteiger partial charge in [-0.1, -0.05) is 35.1 Å². The van der Waals surface area contributed by atoms with Gasteiger partial charge in [-0.05, 0) is 54.1 Å². The van der Waals surface area contributed by atoms with Crippen LogP contribution in [0.25, 0.3) is 16.0 Å². The summed E-state index contributed by atoms with van der Waals surface area (Å²) in [5.41, 5.74) is 1.18. The van der Waals surface area contributed by atoms with Gasteiger partial charge in [-0.25, -0.2) is 9.37 Å². The Morgan fingerprint density at radius 1 is 1.03 bits per heavy atom. The van der Waals surface area contributed by atoms with E-state index in [1.807, 2.05) is 0 Å². The maximum Gasteiger partial charge on any atom is 0.301 e. The molecule has 1 N–H and O–H groups in total. The van der Waals surface area contributed by atoms with Gasteiger partial charge in [-0.15, -0.1) is 0 Å². The lowest BCUT2D eigenvalue weighted by molar-refractivity contribution is -0.132. The monoisotopic (exact) mass is 522 g/mol. The third-order valence-electron chi connectivity index (χ3n) is 5.99. The van der Waals surface area contributed by atoms with Crippen LogP contribution in [0.15, 0.2) is 66.2 Å². The molecule has 3 aromatic carbocycles. The molecule has 1 unspecified atom stereocenters. The first-order chi connectivity index (χ1) is 17.4. The van der Waals surface area contributed by atoms with Crippen LogP contribution >= 0.6 is 22.9 Å². The van der Waals surface area contributed by atoms with Crippen LogP contribution < -0.4 is 14.4 Å². The second kappa shape index (κ2) is 8.61. The van der Waals surface area contributed by atoms with Crippen molar-refractivity contribution in [1.82, 2.24) is 4.98 Å². The van der Waals surface area contributed by atoms with Crippen LogP contribution in [-0.2, 0) is 9.59 Å². The van der Waals surface area contributed by atoms with Gasteiger partial charge in [0.2, 0.25) is 0 Å². The third kappa shape index (κ3) is 3.68. The topological polar surface area (TPSA) is 89.0 Å². The number of carbonyl (C=O) groups excluding carboxylic acids is 2. The van der Waals surface area contributed by atoms with E-state index in [2.05, 4.69) is 4.98 Å². The van der Waals surface area contributed by atoms with Gasteiger partial charge in [-0.2, -0.15) is 0 Å². The highest BCUT2D eigenvalue weighted by atomic mass is 35.5. The summed E-state index contributed by atoms with van der Waals surface area (Å²) in [7, 11) is 0. The van der Waals surface area contributed by atoms with E-state index in [1.165, 1.54) is 40.5 Å². The molecule has 1 amide bonds. The van der Waals surface area contributed by atoms with E-state index in [0.717, 1.165) is 4.70 Å². The molecule has 0 saturated carbocycles. The molecule has 2 aliphatic rings. The number of hydrogen-bond donors (Lipinski definition) is 1. The van der Waals surface area contributed by atoms with Crippen molar-refractivity contribution in [2.45, 2.75) is 6.04 Å². The maximum atomic E-state index is 13.7. The number of benzene rings is 3. The lowest BCUT2D eigenvalue weighted by Crippen LogP contribution is -2.29. The van der Waals surface area contributed by atoms with Gasteiger partial charge in [0.1, 0.15) is 24.8 Å². The highest BCUT2D eigenvalue weighted by molar-refractivity contribution is 7.22. The smallest absolute Gasteiger partial charge is 0.301 e. The lowest BCUT2D eigenvalue weighted by Gasteiger charge is -2.23. The number of amides is 1. The Balaban J connectivity index is 1.54. The van der Waals surface area contributed by atoms with Crippen LogP contribution in [0, 0.1) is 5.82 Å². The molecular weight excluding hydrogens is 507 g/mol. The lowest BCUT2D eigenvalue weighted by atomic mass is 9.95. The summed E-state index contributed by atoms with van der Waals surface area (Å²) in [4.78, 5) is 32.4. The zero-order valence-corrected chi connectivity index (χ0v) is 20.0. The van der Waals surface area contributed by atoms with Crippen LogP contribution in [0.1, 0.15) is 17.2 Å². The van der Waals surface area contributed by atoms with E-state index in [9.17, 15) is 19.1 Å². The predicted molar refractivity (Wildman–Crippen MR) is 133 cm³/mol. The van der Waals surface area contributed by atoms with Gasteiger partial charge in [-0.3, -0.25) is 14.5 Å². The molecule has 180 valence electrons. The first kappa shape index (κ1) is 22.5. The van der Waals surface area contributed by atoms with Crippen molar-refractivity contribution in [2.75, 3.05) is 18.1 Å². The van der Waals surface area contributed by atoms with Crippen molar-refractivity contribution in [3.63, 3.8) is 0 Å². The highest BCUT2D eigenvalue weighted by Gasteiger charge is 2.48. The van der Waals surface area contributed by atoms with E-state index in [-0.39, 0.29) is 22.0 Å². The number of rotatable bonds is 3. The van der Waals surface area contributed by atoms with Crippen LogP contribution in [0.5, 0.6) is 11.5 Å². The fourth-order valence-electron chi connectivity index (χ4n) is 4.33. The summed E-state index contributed by atoms with van der Waals surface area (Å²) in [6.45, 7) is 0.750. The van der Waals surface area contributed by atoms with E-state index in [4.69, 9.17) is 21.1 Å². The second-order valence-corrected chi connectivity index (χ2v) is 9.63. The van der Waals surface area contributed by atoms with Crippen molar-refractivity contribution in [2.24, 2.45) is 0 Å². The fraction of sp³-hybridized carbons (Fsp3) is 0.115. The number of hydrogen-bond acceptors (Lipinski definition) is 7. The first-order valence-corrected chi connectivity index (χ1v) is 12.1. The molecule has 6 rings (SSSR count). The molecule has 7 nitrogen and oxygen atoms in total.